The number of furan rings is 1. The quantitative estimate of drug-likeness (QED) is 0.740. The summed E-state index contributed by atoms with van der Waals surface area (Å²) >= 11 is 0. The van der Waals surface area contributed by atoms with Crippen LogP contribution >= 0.6 is 0 Å². The number of nitrogens with one attached hydrogen (secondary N) is 1. The second-order valence-corrected chi connectivity index (χ2v) is 3.21. The molecule has 0 aliphatic rings. The molecule has 1 N–H and O–H groups in total. The molecule has 2 nitrogen and oxygen atoms in total. The lowest BCUT2D eigenvalue weighted by molar-refractivity contribution is 0.420. The molecule has 0 aromatic carbocycles. The average molecular weight is 191 g/mol. The molecule has 1 atom stereocenters. The van der Waals surface area contributed by atoms with Gasteiger partial charge >= 0.3 is 0 Å². The van der Waals surface area contributed by atoms with Gasteiger partial charge in [0.1, 0.15) is 5.76 Å². The molecule has 1 heterocycles. The van der Waals surface area contributed by atoms with Crippen molar-refractivity contribution in [2.24, 2.45) is 0 Å². The molecule has 0 saturated heterocycles. The fraction of sp³-hybridized carbons (Fsp3) is 0.500. The molecule has 76 valence electrons. The van der Waals surface area contributed by atoms with Gasteiger partial charge in [-0.2, -0.15) is 0 Å². The lowest BCUT2D eigenvalue weighted by atomic mass is 10.1. The van der Waals surface area contributed by atoms with Crippen LogP contribution in [-0.2, 0) is 0 Å². The molecule has 1 rings (SSSR count). The van der Waals surface area contributed by atoms with Crippen molar-refractivity contribution in [3.63, 3.8) is 0 Å². The Morgan fingerprint density at radius 3 is 2.86 bits per heavy atom. The Morgan fingerprint density at radius 1 is 1.57 bits per heavy atom. The molecule has 0 aliphatic carbocycles. The summed E-state index contributed by atoms with van der Waals surface area (Å²) in [6.45, 7) is 6.93. The van der Waals surface area contributed by atoms with Gasteiger partial charge in [-0.15, -0.1) is 11.8 Å². The number of aryl methyl sites for hydroxylation is 1. The van der Waals surface area contributed by atoms with Crippen molar-refractivity contribution in [1.29, 1.82) is 0 Å². The van der Waals surface area contributed by atoms with Gasteiger partial charge in [0.05, 0.1) is 12.3 Å². The van der Waals surface area contributed by atoms with E-state index in [1.807, 2.05) is 13.0 Å². The predicted molar refractivity (Wildman–Crippen MR) is 57.9 cm³/mol. The third-order valence-corrected chi connectivity index (χ3v) is 2.15. The third kappa shape index (κ3) is 2.65. The van der Waals surface area contributed by atoms with Gasteiger partial charge in [-0.25, -0.2) is 0 Å². The summed E-state index contributed by atoms with van der Waals surface area (Å²) in [5.41, 5.74) is 1.19. The first-order valence-electron chi connectivity index (χ1n) is 4.96. The molecule has 0 amide bonds. The number of rotatable bonds is 4. The van der Waals surface area contributed by atoms with Crippen LogP contribution < -0.4 is 5.32 Å². The summed E-state index contributed by atoms with van der Waals surface area (Å²) < 4.78 is 5.45. The van der Waals surface area contributed by atoms with E-state index in [-0.39, 0.29) is 6.04 Å². The van der Waals surface area contributed by atoms with Gasteiger partial charge in [-0.3, -0.25) is 0 Å². The van der Waals surface area contributed by atoms with E-state index >= 15 is 0 Å². The Balaban J connectivity index is 2.75. The molecular weight excluding hydrogens is 174 g/mol. The summed E-state index contributed by atoms with van der Waals surface area (Å²) in [6, 6.07) is 2.21. The fourth-order valence-electron chi connectivity index (χ4n) is 1.45. The first kappa shape index (κ1) is 10.9. The Kier molecular flexibility index (Phi) is 4.28. The summed E-state index contributed by atoms with van der Waals surface area (Å²) in [4.78, 5) is 0. The molecule has 0 fully saturated rings. The molecule has 0 spiro atoms. The summed E-state index contributed by atoms with van der Waals surface area (Å²) in [7, 11) is 0. The molecule has 0 saturated carbocycles. The largest absolute Gasteiger partial charge is 0.467 e. The standard InChI is InChI=1S/C12H17NO/c1-4-6-7-11(13-5-2)12-10(3)8-9-14-12/h8-9,11,13H,5,7H2,1-3H3. The van der Waals surface area contributed by atoms with Crippen LogP contribution in [-0.4, -0.2) is 6.54 Å². The van der Waals surface area contributed by atoms with Crippen LogP contribution in [0, 0.1) is 18.8 Å². The molecular formula is C12H17NO. The molecule has 1 aromatic heterocycles. The second-order valence-electron chi connectivity index (χ2n) is 3.21. The minimum Gasteiger partial charge on any atom is -0.467 e. The Hall–Kier alpha value is -1.20. The van der Waals surface area contributed by atoms with Crippen molar-refractivity contribution in [3.05, 3.63) is 23.7 Å². The van der Waals surface area contributed by atoms with Crippen molar-refractivity contribution in [3.8, 4) is 11.8 Å². The first-order chi connectivity index (χ1) is 6.79. The van der Waals surface area contributed by atoms with Crippen molar-refractivity contribution >= 4 is 0 Å². The van der Waals surface area contributed by atoms with E-state index in [1.165, 1.54) is 5.56 Å². The van der Waals surface area contributed by atoms with Crippen LogP contribution in [0.15, 0.2) is 16.7 Å². The smallest absolute Gasteiger partial charge is 0.124 e. The van der Waals surface area contributed by atoms with Crippen molar-refractivity contribution in [2.75, 3.05) is 6.54 Å². The zero-order valence-corrected chi connectivity index (χ0v) is 9.05. The number of hydrogen-bond acceptors (Lipinski definition) is 2. The summed E-state index contributed by atoms with van der Waals surface area (Å²) in [6.07, 6.45) is 2.53. The second kappa shape index (κ2) is 5.51. The van der Waals surface area contributed by atoms with E-state index in [1.54, 1.807) is 6.26 Å². The van der Waals surface area contributed by atoms with Gasteiger partial charge in [0.15, 0.2) is 0 Å². The third-order valence-electron chi connectivity index (χ3n) is 2.15. The van der Waals surface area contributed by atoms with Gasteiger partial charge in [-0.1, -0.05) is 6.92 Å². The molecule has 1 aromatic rings. The van der Waals surface area contributed by atoms with Crippen LogP contribution in [0.2, 0.25) is 0 Å². The fourth-order valence-corrected chi connectivity index (χ4v) is 1.45. The van der Waals surface area contributed by atoms with Gasteiger partial charge in [0, 0.05) is 6.42 Å². The van der Waals surface area contributed by atoms with Crippen LogP contribution in [0.5, 0.6) is 0 Å². The van der Waals surface area contributed by atoms with E-state index < -0.39 is 0 Å². The number of hydrogen-bond donors (Lipinski definition) is 1. The maximum Gasteiger partial charge on any atom is 0.124 e. The molecule has 0 bridgehead atoms. The van der Waals surface area contributed by atoms with E-state index in [2.05, 4.69) is 31.0 Å². The Morgan fingerprint density at radius 2 is 2.36 bits per heavy atom. The van der Waals surface area contributed by atoms with Crippen molar-refractivity contribution in [2.45, 2.75) is 33.2 Å². The Labute approximate surface area is 85.7 Å². The highest BCUT2D eigenvalue weighted by atomic mass is 16.3. The SMILES string of the molecule is CC#CCC(NCC)c1occc1C. The normalized spacial score (nSPS) is 11.9. The van der Waals surface area contributed by atoms with Crippen molar-refractivity contribution < 1.29 is 4.42 Å². The van der Waals surface area contributed by atoms with E-state index in [9.17, 15) is 0 Å². The summed E-state index contributed by atoms with van der Waals surface area (Å²) in [5.74, 6) is 6.99. The first-order valence-corrected chi connectivity index (χ1v) is 4.96. The highest BCUT2D eigenvalue weighted by Gasteiger charge is 2.14. The predicted octanol–water partition coefficient (Wildman–Crippen LogP) is 2.65. The minimum atomic E-state index is 0.224. The molecule has 0 aliphatic heterocycles. The molecule has 14 heavy (non-hydrogen) atoms. The average Bonchev–Trinajstić information content (AvgIpc) is 2.59. The van der Waals surface area contributed by atoms with Gasteiger partial charge in [0.25, 0.3) is 0 Å². The van der Waals surface area contributed by atoms with Crippen molar-refractivity contribution in [1.82, 2.24) is 5.32 Å². The maximum absolute atomic E-state index is 5.45. The maximum atomic E-state index is 5.45. The van der Waals surface area contributed by atoms with E-state index in [0.29, 0.717) is 0 Å². The van der Waals surface area contributed by atoms with Gasteiger partial charge < -0.3 is 9.73 Å². The van der Waals surface area contributed by atoms with Crippen LogP contribution in [0.3, 0.4) is 0 Å². The topological polar surface area (TPSA) is 25.2 Å². The van der Waals surface area contributed by atoms with E-state index in [0.717, 1.165) is 18.7 Å². The van der Waals surface area contributed by atoms with Crippen LogP contribution in [0.25, 0.3) is 0 Å². The highest BCUT2D eigenvalue weighted by Crippen LogP contribution is 2.20. The van der Waals surface area contributed by atoms with Crippen LogP contribution in [0.1, 0.15) is 37.6 Å². The zero-order chi connectivity index (χ0) is 10.4. The lowest BCUT2D eigenvalue weighted by Crippen LogP contribution is -2.20. The molecule has 1 unspecified atom stereocenters. The molecule has 2 heteroatoms. The molecule has 0 radical (unpaired) electrons. The zero-order valence-electron chi connectivity index (χ0n) is 9.05. The summed E-state index contributed by atoms with van der Waals surface area (Å²) in [5, 5.41) is 3.36. The van der Waals surface area contributed by atoms with Gasteiger partial charge in [-0.05, 0) is 32.0 Å². The monoisotopic (exact) mass is 191 g/mol. The minimum absolute atomic E-state index is 0.224. The van der Waals surface area contributed by atoms with E-state index in [4.69, 9.17) is 4.42 Å². The lowest BCUT2D eigenvalue weighted by Gasteiger charge is -2.13. The van der Waals surface area contributed by atoms with Gasteiger partial charge in [0.2, 0.25) is 0 Å². The highest BCUT2D eigenvalue weighted by molar-refractivity contribution is 5.20. The van der Waals surface area contributed by atoms with Crippen LogP contribution in [0.4, 0.5) is 0 Å². The Bertz CT molecular complexity index is 330.